The maximum absolute atomic E-state index is 12.4. The zero-order valence-corrected chi connectivity index (χ0v) is 15.6. The van der Waals surface area contributed by atoms with Gasteiger partial charge in [0.25, 0.3) is 5.91 Å². The lowest BCUT2D eigenvalue weighted by Crippen LogP contribution is -2.50. The Balaban J connectivity index is 1.51. The number of anilines is 1. The van der Waals surface area contributed by atoms with Crippen LogP contribution < -0.4 is 9.64 Å². The number of carbonyl (C=O) groups is 1. The van der Waals surface area contributed by atoms with Gasteiger partial charge in [-0.3, -0.25) is 4.79 Å². The van der Waals surface area contributed by atoms with Crippen LogP contribution in [-0.4, -0.2) is 43.6 Å². The number of nitrogens with zero attached hydrogens (tertiary/aromatic N) is 2. The second kappa shape index (κ2) is 7.98. The zero-order chi connectivity index (χ0) is 17.8. The van der Waals surface area contributed by atoms with Crippen molar-refractivity contribution in [2.75, 3.05) is 37.7 Å². The van der Waals surface area contributed by atoms with Crippen LogP contribution in [-0.2, 0) is 4.79 Å². The molecule has 25 heavy (non-hydrogen) atoms. The number of hydrogen-bond donors (Lipinski definition) is 0. The fraction of sp³-hybridized carbons (Fsp3) is 0.316. The van der Waals surface area contributed by atoms with Crippen LogP contribution in [0.5, 0.6) is 5.75 Å². The summed E-state index contributed by atoms with van der Waals surface area (Å²) in [6, 6.07) is 13.2. The van der Waals surface area contributed by atoms with Crippen LogP contribution in [0, 0.1) is 6.92 Å². The van der Waals surface area contributed by atoms with Gasteiger partial charge in [-0.05, 0) is 42.8 Å². The molecule has 1 aliphatic rings. The lowest BCUT2D eigenvalue weighted by atomic mass is 10.2. The summed E-state index contributed by atoms with van der Waals surface area (Å²) in [5.41, 5.74) is 1.95. The average molecular weight is 379 g/mol. The Morgan fingerprint density at radius 3 is 2.44 bits per heavy atom. The smallest absolute Gasteiger partial charge is 0.260 e. The van der Waals surface area contributed by atoms with Crippen molar-refractivity contribution < 1.29 is 9.53 Å². The van der Waals surface area contributed by atoms with E-state index in [9.17, 15) is 4.79 Å². The first-order valence-electron chi connectivity index (χ1n) is 8.21. The van der Waals surface area contributed by atoms with Gasteiger partial charge in [0.1, 0.15) is 5.75 Å². The van der Waals surface area contributed by atoms with Gasteiger partial charge >= 0.3 is 0 Å². The van der Waals surface area contributed by atoms with E-state index in [0.29, 0.717) is 23.9 Å². The molecule has 0 atom stereocenters. The highest BCUT2D eigenvalue weighted by atomic mass is 35.5. The Morgan fingerprint density at radius 2 is 1.76 bits per heavy atom. The SMILES string of the molecule is Cc1cc(OCC(=O)N2CCN(c3ccccc3Cl)CC2)ccc1Cl. The molecule has 3 rings (SSSR count). The second-order valence-corrected chi connectivity index (χ2v) is 6.83. The van der Waals surface area contributed by atoms with Crippen LogP contribution >= 0.6 is 23.2 Å². The molecule has 0 unspecified atom stereocenters. The van der Waals surface area contributed by atoms with Gasteiger partial charge in [0.05, 0.1) is 10.7 Å². The van der Waals surface area contributed by atoms with Crippen molar-refractivity contribution in [3.63, 3.8) is 0 Å². The summed E-state index contributed by atoms with van der Waals surface area (Å²) in [6.45, 7) is 4.78. The number of aryl methyl sites for hydroxylation is 1. The number of rotatable bonds is 4. The number of carbonyl (C=O) groups excluding carboxylic acids is 1. The molecule has 0 spiro atoms. The fourth-order valence-electron chi connectivity index (χ4n) is 2.85. The molecule has 6 heteroatoms. The van der Waals surface area contributed by atoms with Crippen molar-refractivity contribution in [2.24, 2.45) is 0 Å². The summed E-state index contributed by atoms with van der Waals surface area (Å²) in [6.07, 6.45) is 0. The fourth-order valence-corrected chi connectivity index (χ4v) is 3.22. The van der Waals surface area contributed by atoms with E-state index >= 15 is 0 Å². The molecule has 0 aliphatic carbocycles. The predicted octanol–water partition coefficient (Wildman–Crippen LogP) is 4.03. The van der Waals surface area contributed by atoms with Crippen molar-refractivity contribution in [2.45, 2.75) is 6.92 Å². The Hall–Kier alpha value is -1.91. The van der Waals surface area contributed by atoms with E-state index in [1.165, 1.54) is 0 Å². The van der Waals surface area contributed by atoms with E-state index in [2.05, 4.69) is 4.90 Å². The number of halogens is 2. The highest BCUT2D eigenvalue weighted by molar-refractivity contribution is 6.33. The molecule has 1 fully saturated rings. The molecule has 1 aliphatic heterocycles. The number of ether oxygens (including phenoxy) is 1. The van der Waals surface area contributed by atoms with Crippen LogP contribution in [0.2, 0.25) is 10.0 Å². The van der Waals surface area contributed by atoms with Crippen molar-refractivity contribution >= 4 is 34.8 Å². The highest BCUT2D eigenvalue weighted by Crippen LogP contribution is 2.26. The number of amides is 1. The van der Waals surface area contributed by atoms with Gasteiger partial charge in [-0.15, -0.1) is 0 Å². The number of hydrogen-bond acceptors (Lipinski definition) is 3. The monoisotopic (exact) mass is 378 g/mol. The first-order chi connectivity index (χ1) is 12.0. The molecule has 0 radical (unpaired) electrons. The van der Waals surface area contributed by atoms with Crippen LogP contribution in [0.4, 0.5) is 5.69 Å². The van der Waals surface area contributed by atoms with Gasteiger partial charge in [-0.1, -0.05) is 35.3 Å². The molecule has 1 heterocycles. The molecule has 2 aromatic carbocycles. The quantitative estimate of drug-likeness (QED) is 0.804. The summed E-state index contributed by atoms with van der Waals surface area (Å²) >= 11 is 12.2. The first kappa shape index (κ1) is 17.9. The summed E-state index contributed by atoms with van der Waals surface area (Å²) < 4.78 is 5.60. The van der Waals surface area contributed by atoms with E-state index in [1.54, 1.807) is 12.1 Å². The summed E-state index contributed by atoms with van der Waals surface area (Å²) in [5, 5.41) is 1.43. The number of piperazine rings is 1. The van der Waals surface area contributed by atoms with E-state index in [-0.39, 0.29) is 12.5 Å². The average Bonchev–Trinajstić information content (AvgIpc) is 2.63. The Morgan fingerprint density at radius 1 is 1.04 bits per heavy atom. The minimum Gasteiger partial charge on any atom is -0.484 e. The molecule has 132 valence electrons. The Bertz CT molecular complexity index is 759. The van der Waals surface area contributed by atoms with Crippen LogP contribution in [0.3, 0.4) is 0 Å². The van der Waals surface area contributed by atoms with Gasteiger partial charge < -0.3 is 14.5 Å². The minimum absolute atomic E-state index is 0.00795. The third kappa shape index (κ3) is 4.39. The summed E-state index contributed by atoms with van der Waals surface area (Å²) in [5.74, 6) is 0.649. The normalized spacial score (nSPS) is 14.5. The van der Waals surface area contributed by atoms with Crippen LogP contribution in [0.15, 0.2) is 42.5 Å². The molecule has 4 nitrogen and oxygen atoms in total. The second-order valence-electron chi connectivity index (χ2n) is 6.02. The molecule has 1 amide bonds. The summed E-state index contributed by atoms with van der Waals surface area (Å²) in [7, 11) is 0. The van der Waals surface area contributed by atoms with E-state index < -0.39 is 0 Å². The number of para-hydroxylation sites is 1. The number of benzene rings is 2. The lowest BCUT2D eigenvalue weighted by molar-refractivity contribution is -0.133. The molecule has 0 bridgehead atoms. The Kier molecular flexibility index (Phi) is 5.71. The Labute approximate surface area is 157 Å². The predicted molar refractivity (Wildman–Crippen MR) is 102 cm³/mol. The van der Waals surface area contributed by atoms with Gasteiger partial charge in [0, 0.05) is 31.2 Å². The largest absolute Gasteiger partial charge is 0.484 e. The zero-order valence-electron chi connectivity index (χ0n) is 14.0. The van der Waals surface area contributed by atoms with Crippen molar-refractivity contribution in [3.8, 4) is 5.75 Å². The molecule has 0 N–H and O–H groups in total. The molecular formula is C19H20Cl2N2O2. The highest BCUT2D eigenvalue weighted by Gasteiger charge is 2.22. The van der Waals surface area contributed by atoms with Gasteiger partial charge in [-0.2, -0.15) is 0 Å². The van der Waals surface area contributed by atoms with Crippen LogP contribution in [0.1, 0.15) is 5.56 Å². The molecule has 0 aromatic heterocycles. The summed E-state index contributed by atoms with van der Waals surface area (Å²) in [4.78, 5) is 16.4. The standard InChI is InChI=1S/C19H20Cl2N2O2/c1-14-12-15(6-7-16(14)20)25-13-19(24)23-10-8-22(9-11-23)18-5-3-2-4-17(18)21/h2-7,12H,8-11,13H2,1H3. The van der Waals surface area contributed by atoms with Crippen LogP contribution in [0.25, 0.3) is 0 Å². The molecular weight excluding hydrogens is 359 g/mol. The molecule has 0 saturated carbocycles. The molecule has 1 saturated heterocycles. The maximum atomic E-state index is 12.4. The van der Waals surface area contributed by atoms with E-state index in [1.807, 2.05) is 42.2 Å². The lowest BCUT2D eigenvalue weighted by Gasteiger charge is -2.36. The third-order valence-corrected chi connectivity index (χ3v) is 5.06. The van der Waals surface area contributed by atoms with Crippen molar-refractivity contribution in [3.05, 3.63) is 58.1 Å². The van der Waals surface area contributed by atoms with Gasteiger partial charge in [-0.25, -0.2) is 0 Å². The van der Waals surface area contributed by atoms with Gasteiger partial charge in [0.15, 0.2) is 6.61 Å². The van der Waals surface area contributed by atoms with Crippen molar-refractivity contribution in [1.82, 2.24) is 4.90 Å². The first-order valence-corrected chi connectivity index (χ1v) is 8.96. The third-order valence-electron chi connectivity index (χ3n) is 4.32. The van der Waals surface area contributed by atoms with Crippen molar-refractivity contribution in [1.29, 1.82) is 0 Å². The maximum Gasteiger partial charge on any atom is 0.260 e. The molecule has 2 aromatic rings. The topological polar surface area (TPSA) is 32.8 Å². The van der Waals surface area contributed by atoms with Gasteiger partial charge in [0.2, 0.25) is 0 Å². The van der Waals surface area contributed by atoms with E-state index in [0.717, 1.165) is 29.4 Å². The minimum atomic E-state index is -0.00795. The van der Waals surface area contributed by atoms with E-state index in [4.69, 9.17) is 27.9 Å².